The zero-order valence-electron chi connectivity index (χ0n) is 11.0. The Balaban J connectivity index is 2.28. The number of hydrogen-bond acceptors (Lipinski definition) is 2. The Labute approximate surface area is 116 Å². The van der Waals surface area contributed by atoms with E-state index in [4.69, 9.17) is 16.0 Å². The molecule has 19 heavy (non-hydrogen) atoms. The van der Waals surface area contributed by atoms with Crippen molar-refractivity contribution in [1.82, 2.24) is 0 Å². The molecule has 0 atom stereocenters. The highest BCUT2D eigenvalue weighted by Crippen LogP contribution is 2.23. The van der Waals surface area contributed by atoms with Gasteiger partial charge in [0.1, 0.15) is 17.3 Å². The van der Waals surface area contributed by atoms with Gasteiger partial charge in [-0.2, -0.15) is 0 Å². The summed E-state index contributed by atoms with van der Waals surface area (Å²) in [4.78, 5) is 12.2. The molecule has 0 N–H and O–H groups in total. The van der Waals surface area contributed by atoms with E-state index in [1.165, 1.54) is 12.1 Å². The maximum Gasteiger partial charge on any atom is 0.171 e. The maximum absolute atomic E-state index is 13.3. The highest BCUT2D eigenvalue weighted by Gasteiger charge is 2.18. The van der Waals surface area contributed by atoms with Crippen LogP contribution in [0.3, 0.4) is 0 Å². The van der Waals surface area contributed by atoms with E-state index in [9.17, 15) is 9.18 Å². The predicted molar refractivity (Wildman–Crippen MR) is 72.4 cm³/mol. The van der Waals surface area contributed by atoms with Gasteiger partial charge in [-0.15, -0.1) is 0 Å². The lowest BCUT2D eigenvalue weighted by Gasteiger charge is -2.03. The zero-order chi connectivity index (χ0) is 14.2. The highest BCUT2D eigenvalue weighted by atomic mass is 35.5. The number of aryl methyl sites for hydroxylation is 2. The standard InChI is InChI=1S/C15H14ClFO2/c1-8-9(2)19-10(3)15(8)14(18)7-11-4-5-12(16)13(17)6-11/h4-6H,7H2,1-3H3. The van der Waals surface area contributed by atoms with Gasteiger partial charge in [0.15, 0.2) is 5.78 Å². The number of ketones is 1. The minimum atomic E-state index is -0.510. The Kier molecular flexibility index (Phi) is 3.76. The molecule has 2 rings (SSSR count). The normalized spacial score (nSPS) is 10.8. The van der Waals surface area contributed by atoms with Gasteiger partial charge in [-0.1, -0.05) is 17.7 Å². The van der Waals surface area contributed by atoms with E-state index in [2.05, 4.69) is 0 Å². The molecule has 0 radical (unpaired) electrons. The number of carbonyl (C=O) groups excluding carboxylic acids is 1. The van der Waals surface area contributed by atoms with E-state index in [0.29, 0.717) is 16.9 Å². The Morgan fingerprint density at radius 2 is 1.95 bits per heavy atom. The third-order valence-corrected chi connectivity index (χ3v) is 3.50. The summed E-state index contributed by atoms with van der Waals surface area (Å²) in [6.07, 6.45) is 0.134. The van der Waals surface area contributed by atoms with Crippen molar-refractivity contribution in [3.05, 3.63) is 57.2 Å². The van der Waals surface area contributed by atoms with Gasteiger partial charge in [0.2, 0.25) is 0 Å². The summed E-state index contributed by atoms with van der Waals surface area (Å²) < 4.78 is 18.8. The monoisotopic (exact) mass is 280 g/mol. The van der Waals surface area contributed by atoms with E-state index < -0.39 is 5.82 Å². The molecule has 0 fully saturated rings. The third-order valence-electron chi connectivity index (χ3n) is 3.19. The van der Waals surface area contributed by atoms with Crippen LogP contribution in [0, 0.1) is 26.6 Å². The Morgan fingerprint density at radius 3 is 2.47 bits per heavy atom. The summed E-state index contributed by atoms with van der Waals surface area (Å²) >= 11 is 5.61. The molecule has 100 valence electrons. The van der Waals surface area contributed by atoms with Gasteiger partial charge in [-0.25, -0.2) is 4.39 Å². The number of benzene rings is 1. The second-order valence-corrected chi connectivity index (χ2v) is 4.97. The number of furan rings is 1. The van der Waals surface area contributed by atoms with Gasteiger partial charge in [0, 0.05) is 12.0 Å². The molecule has 0 aliphatic rings. The number of hydrogen-bond donors (Lipinski definition) is 0. The molecule has 2 aromatic rings. The van der Waals surface area contributed by atoms with Gasteiger partial charge in [-0.05, 0) is 38.5 Å². The molecule has 0 bridgehead atoms. The van der Waals surface area contributed by atoms with Crippen molar-refractivity contribution in [3.63, 3.8) is 0 Å². The van der Waals surface area contributed by atoms with E-state index >= 15 is 0 Å². The highest BCUT2D eigenvalue weighted by molar-refractivity contribution is 6.30. The van der Waals surface area contributed by atoms with E-state index in [0.717, 1.165) is 11.3 Å². The summed E-state index contributed by atoms with van der Waals surface area (Å²) in [7, 11) is 0. The van der Waals surface area contributed by atoms with Crippen LogP contribution in [-0.2, 0) is 6.42 Å². The summed E-state index contributed by atoms with van der Waals surface area (Å²) in [5.74, 6) is 0.759. The molecule has 0 amide bonds. The second-order valence-electron chi connectivity index (χ2n) is 4.56. The SMILES string of the molecule is Cc1oc(C)c(C(=O)Cc2ccc(Cl)c(F)c2)c1C. The largest absolute Gasteiger partial charge is 0.466 e. The average molecular weight is 281 g/mol. The maximum atomic E-state index is 13.3. The van der Waals surface area contributed by atoms with Crippen LogP contribution in [0.1, 0.15) is 33.0 Å². The van der Waals surface area contributed by atoms with Crippen LogP contribution in [0.5, 0.6) is 0 Å². The minimum Gasteiger partial charge on any atom is -0.466 e. The van der Waals surface area contributed by atoms with Crippen LogP contribution in [-0.4, -0.2) is 5.78 Å². The number of Topliss-reactive ketones (excluding diaryl/α,β-unsaturated/α-hetero) is 1. The van der Waals surface area contributed by atoms with Crippen molar-refractivity contribution in [2.75, 3.05) is 0 Å². The van der Waals surface area contributed by atoms with Crippen LogP contribution in [0.4, 0.5) is 4.39 Å². The fraction of sp³-hybridized carbons (Fsp3) is 0.267. The first kappa shape index (κ1) is 13.8. The summed E-state index contributed by atoms with van der Waals surface area (Å²) in [6, 6.07) is 4.40. The van der Waals surface area contributed by atoms with Crippen molar-refractivity contribution in [3.8, 4) is 0 Å². The lowest BCUT2D eigenvalue weighted by atomic mass is 10.00. The summed E-state index contributed by atoms with van der Waals surface area (Å²) in [5.41, 5.74) is 2.04. The van der Waals surface area contributed by atoms with Gasteiger partial charge in [-0.3, -0.25) is 4.79 Å². The van der Waals surface area contributed by atoms with Gasteiger partial charge in [0.05, 0.1) is 10.6 Å². The summed E-state index contributed by atoms with van der Waals surface area (Å²) in [6.45, 7) is 5.43. The van der Waals surface area contributed by atoms with Crippen LogP contribution in [0.15, 0.2) is 22.6 Å². The second kappa shape index (κ2) is 5.17. The average Bonchev–Trinajstić information content (AvgIpc) is 2.58. The van der Waals surface area contributed by atoms with Crippen LogP contribution in [0.2, 0.25) is 5.02 Å². The molecule has 2 nitrogen and oxygen atoms in total. The molecule has 1 aromatic heterocycles. The molecule has 0 aliphatic heterocycles. The van der Waals surface area contributed by atoms with Crippen LogP contribution in [0.25, 0.3) is 0 Å². The lowest BCUT2D eigenvalue weighted by molar-refractivity contribution is 0.0991. The number of halogens is 2. The Bertz CT molecular complexity index is 644. The Hall–Kier alpha value is -1.61. The van der Waals surface area contributed by atoms with E-state index in [-0.39, 0.29) is 17.2 Å². The van der Waals surface area contributed by atoms with Crippen molar-refractivity contribution >= 4 is 17.4 Å². The smallest absolute Gasteiger partial charge is 0.171 e. The molecular weight excluding hydrogens is 267 g/mol. The van der Waals surface area contributed by atoms with Crippen molar-refractivity contribution in [2.24, 2.45) is 0 Å². The molecule has 1 heterocycles. The van der Waals surface area contributed by atoms with Crippen LogP contribution >= 0.6 is 11.6 Å². The molecule has 0 saturated heterocycles. The zero-order valence-corrected chi connectivity index (χ0v) is 11.8. The molecular formula is C15H14ClFO2. The first-order chi connectivity index (χ1) is 8.90. The fourth-order valence-electron chi connectivity index (χ4n) is 2.13. The first-order valence-electron chi connectivity index (χ1n) is 5.94. The van der Waals surface area contributed by atoms with Gasteiger partial charge in [0.25, 0.3) is 0 Å². The molecule has 1 aromatic carbocycles. The number of rotatable bonds is 3. The summed E-state index contributed by atoms with van der Waals surface area (Å²) in [5, 5.41) is 0.0581. The van der Waals surface area contributed by atoms with Gasteiger partial charge >= 0.3 is 0 Å². The van der Waals surface area contributed by atoms with Crippen LogP contribution < -0.4 is 0 Å². The predicted octanol–water partition coefficient (Wildman–Crippen LogP) is 4.42. The topological polar surface area (TPSA) is 30.2 Å². The van der Waals surface area contributed by atoms with E-state index in [1.807, 2.05) is 13.8 Å². The molecule has 0 saturated carbocycles. The molecule has 0 aliphatic carbocycles. The Morgan fingerprint density at radius 1 is 1.26 bits per heavy atom. The quantitative estimate of drug-likeness (QED) is 0.779. The number of carbonyl (C=O) groups is 1. The van der Waals surface area contributed by atoms with Gasteiger partial charge < -0.3 is 4.42 Å². The molecule has 0 unspecified atom stereocenters. The van der Waals surface area contributed by atoms with Crippen molar-refractivity contribution in [1.29, 1.82) is 0 Å². The van der Waals surface area contributed by atoms with E-state index in [1.54, 1.807) is 13.0 Å². The lowest BCUT2D eigenvalue weighted by Crippen LogP contribution is -2.06. The van der Waals surface area contributed by atoms with Crippen molar-refractivity contribution < 1.29 is 13.6 Å². The van der Waals surface area contributed by atoms with Crippen molar-refractivity contribution in [2.45, 2.75) is 27.2 Å². The fourth-order valence-corrected chi connectivity index (χ4v) is 2.24. The molecule has 0 spiro atoms. The molecule has 4 heteroatoms. The third kappa shape index (κ3) is 2.71. The minimum absolute atomic E-state index is 0.0581. The first-order valence-corrected chi connectivity index (χ1v) is 6.31.